The summed E-state index contributed by atoms with van der Waals surface area (Å²) in [5.74, 6) is -0.508. The van der Waals surface area contributed by atoms with Gasteiger partial charge in [-0.1, -0.05) is 32.0 Å². The summed E-state index contributed by atoms with van der Waals surface area (Å²) in [7, 11) is 3.36. The van der Waals surface area contributed by atoms with Crippen LogP contribution in [0.15, 0.2) is 18.2 Å². The average Bonchev–Trinajstić information content (AvgIpc) is 2.50. The van der Waals surface area contributed by atoms with Gasteiger partial charge in [-0.25, -0.2) is 0 Å². The van der Waals surface area contributed by atoms with Crippen molar-refractivity contribution in [2.45, 2.75) is 26.7 Å². The smallest absolute Gasteiger partial charge is 0.242 e. The molecule has 116 valence electrons. The average molecular weight is 311 g/mol. The number of hydrogen-bond acceptors (Lipinski definition) is 2. The molecule has 21 heavy (non-hydrogen) atoms. The number of rotatable bonds is 6. The highest BCUT2D eigenvalue weighted by molar-refractivity contribution is 6.29. The molecule has 0 aliphatic carbocycles. The summed E-state index contributed by atoms with van der Waals surface area (Å²) >= 11 is 5.73. The number of amides is 2. The number of para-hydroxylation sites is 1. The first-order valence-corrected chi connectivity index (χ1v) is 7.66. The van der Waals surface area contributed by atoms with E-state index in [9.17, 15) is 9.59 Å². The van der Waals surface area contributed by atoms with Crippen LogP contribution in [0, 0.1) is 0 Å². The zero-order chi connectivity index (χ0) is 16.0. The topological polar surface area (TPSA) is 40.6 Å². The number of benzene rings is 1. The van der Waals surface area contributed by atoms with Crippen LogP contribution in [0.5, 0.6) is 0 Å². The first-order valence-electron chi connectivity index (χ1n) is 7.13. The van der Waals surface area contributed by atoms with Crippen LogP contribution >= 0.6 is 11.6 Å². The van der Waals surface area contributed by atoms with Gasteiger partial charge in [0.2, 0.25) is 11.8 Å². The normalized spacial score (nSPS) is 10.3. The van der Waals surface area contributed by atoms with Crippen molar-refractivity contribution in [3.05, 3.63) is 29.3 Å². The van der Waals surface area contributed by atoms with Gasteiger partial charge in [0.25, 0.3) is 0 Å². The summed E-state index contributed by atoms with van der Waals surface area (Å²) in [4.78, 5) is 27.3. The van der Waals surface area contributed by atoms with E-state index in [1.807, 2.05) is 32.0 Å². The number of likely N-dealkylation sites (N-methyl/N-ethyl adjacent to an activating group) is 1. The van der Waals surface area contributed by atoms with Crippen molar-refractivity contribution in [3.63, 3.8) is 0 Å². The molecule has 5 heteroatoms. The minimum absolute atomic E-state index is 0.0164. The van der Waals surface area contributed by atoms with E-state index in [1.165, 1.54) is 9.80 Å². The molecule has 0 aliphatic rings. The Balaban J connectivity index is 3.32. The molecule has 0 N–H and O–H groups in total. The Morgan fingerprint density at radius 1 is 1.05 bits per heavy atom. The Morgan fingerprint density at radius 3 is 1.95 bits per heavy atom. The lowest BCUT2D eigenvalue weighted by Crippen LogP contribution is -2.42. The molecular weight excluding hydrogens is 288 g/mol. The van der Waals surface area contributed by atoms with Gasteiger partial charge < -0.3 is 9.80 Å². The van der Waals surface area contributed by atoms with E-state index in [2.05, 4.69) is 0 Å². The zero-order valence-electron chi connectivity index (χ0n) is 13.1. The molecule has 2 amide bonds. The second-order valence-electron chi connectivity index (χ2n) is 5.03. The molecular formula is C16H23ClN2O2. The minimum Gasteiger partial charge on any atom is -0.347 e. The molecule has 0 atom stereocenters. The number of alkyl halides is 1. The SMILES string of the molecule is CCc1cccc(CC)c1N(CC(=O)N(C)C)C(=O)CCl. The highest BCUT2D eigenvalue weighted by Crippen LogP contribution is 2.27. The monoisotopic (exact) mass is 310 g/mol. The van der Waals surface area contributed by atoms with Crippen LogP contribution in [0.25, 0.3) is 0 Å². The van der Waals surface area contributed by atoms with Crippen LogP contribution in [0.1, 0.15) is 25.0 Å². The molecule has 0 aliphatic heterocycles. The van der Waals surface area contributed by atoms with Crippen molar-refractivity contribution in [1.82, 2.24) is 4.90 Å². The molecule has 1 rings (SSSR count). The quantitative estimate of drug-likeness (QED) is 0.757. The Labute approximate surface area is 131 Å². The second-order valence-corrected chi connectivity index (χ2v) is 5.30. The molecule has 0 radical (unpaired) electrons. The molecule has 0 aromatic heterocycles. The third-order valence-corrected chi connectivity index (χ3v) is 3.67. The van der Waals surface area contributed by atoms with E-state index >= 15 is 0 Å². The number of carbonyl (C=O) groups excluding carboxylic acids is 2. The lowest BCUT2D eigenvalue weighted by Gasteiger charge is -2.27. The maximum Gasteiger partial charge on any atom is 0.242 e. The Morgan fingerprint density at radius 2 is 1.57 bits per heavy atom. The molecule has 0 heterocycles. The minimum atomic E-state index is -0.248. The lowest BCUT2D eigenvalue weighted by atomic mass is 10.0. The summed E-state index contributed by atoms with van der Waals surface area (Å²) in [5, 5.41) is 0. The maximum atomic E-state index is 12.2. The van der Waals surface area contributed by atoms with Crippen LogP contribution in [0.2, 0.25) is 0 Å². The Hall–Kier alpha value is -1.55. The number of carbonyl (C=O) groups is 2. The van der Waals surface area contributed by atoms with Crippen LogP contribution in [-0.4, -0.2) is 43.2 Å². The fourth-order valence-corrected chi connectivity index (χ4v) is 2.35. The molecule has 0 spiro atoms. The van der Waals surface area contributed by atoms with E-state index in [1.54, 1.807) is 14.1 Å². The predicted molar refractivity (Wildman–Crippen MR) is 87.0 cm³/mol. The lowest BCUT2D eigenvalue weighted by molar-refractivity contribution is -0.128. The van der Waals surface area contributed by atoms with Crippen molar-refractivity contribution < 1.29 is 9.59 Å². The zero-order valence-corrected chi connectivity index (χ0v) is 13.9. The fraction of sp³-hybridized carbons (Fsp3) is 0.500. The standard InChI is InChI=1S/C16H23ClN2O2/c1-5-12-8-7-9-13(6-2)16(12)19(14(20)10-17)11-15(21)18(3)4/h7-9H,5-6,10-11H2,1-4H3. The van der Waals surface area contributed by atoms with Gasteiger partial charge >= 0.3 is 0 Å². The van der Waals surface area contributed by atoms with Gasteiger partial charge in [-0.15, -0.1) is 11.6 Å². The summed E-state index contributed by atoms with van der Waals surface area (Å²) in [6.07, 6.45) is 1.59. The summed E-state index contributed by atoms with van der Waals surface area (Å²) in [5.41, 5.74) is 2.95. The highest BCUT2D eigenvalue weighted by Gasteiger charge is 2.23. The fourth-order valence-electron chi connectivity index (χ4n) is 2.20. The Kier molecular flexibility index (Phi) is 6.69. The van der Waals surface area contributed by atoms with Gasteiger partial charge in [-0.3, -0.25) is 9.59 Å². The number of halogens is 1. The second kappa shape index (κ2) is 8.03. The van der Waals surface area contributed by atoms with Gasteiger partial charge in [0, 0.05) is 14.1 Å². The molecule has 4 nitrogen and oxygen atoms in total. The third-order valence-electron chi connectivity index (χ3n) is 3.44. The Bertz CT molecular complexity index is 493. The van der Waals surface area contributed by atoms with Crippen LogP contribution in [0.4, 0.5) is 5.69 Å². The van der Waals surface area contributed by atoms with Crippen LogP contribution in [-0.2, 0) is 22.4 Å². The van der Waals surface area contributed by atoms with Crippen LogP contribution in [0.3, 0.4) is 0 Å². The first-order chi connectivity index (χ1) is 9.96. The van der Waals surface area contributed by atoms with Gasteiger partial charge in [0.05, 0.1) is 5.69 Å². The molecule has 1 aromatic carbocycles. The van der Waals surface area contributed by atoms with Gasteiger partial charge in [-0.05, 0) is 24.0 Å². The molecule has 0 saturated heterocycles. The van der Waals surface area contributed by atoms with Crippen LogP contribution < -0.4 is 4.90 Å². The van der Waals surface area contributed by atoms with E-state index in [0.29, 0.717) is 0 Å². The van der Waals surface area contributed by atoms with Crippen molar-refractivity contribution in [2.24, 2.45) is 0 Å². The number of nitrogens with zero attached hydrogens (tertiary/aromatic N) is 2. The van der Waals surface area contributed by atoms with Gasteiger partial charge in [-0.2, -0.15) is 0 Å². The summed E-state index contributed by atoms with van der Waals surface area (Å²) in [6, 6.07) is 5.96. The molecule has 0 saturated carbocycles. The third kappa shape index (κ3) is 4.21. The van der Waals surface area contributed by atoms with Gasteiger partial charge in [0.15, 0.2) is 0 Å². The van der Waals surface area contributed by atoms with Crippen molar-refractivity contribution >= 4 is 29.1 Å². The number of anilines is 1. The van der Waals surface area contributed by atoms with Gasteiger partial charge in [0.1, 0.15) is 12.4 Å². The highest BCUT2D eigenvalue weighted by atomic mass is 35.5. The summed E-state index contributed by atoms with van der Waals surface area (Å²) < 4.78 is 0. The van der Waals surface area contributed by atoms with E-state index in [-0.39, 0.29) is 24.2 Å². The summed E-state index contributed by atoms with van der Waals surface area (Å²) in [6.45, 7) is 4.09. The first kappa shape index (κ1) is 17.5. The molecule has 0 fully saturated rings. The van der Waals surface area contributed by atoms with E-state index < -0.39 is 0 Å². The molecule has 0 unspecified atom stereocenters. The van der Waals surface area contributed by atoms with E-state index in [4.69, 9.17) is 11.6 Å². The predicted octanol–water partition coefficient (Wildman–Crippen LogP) is 2.47. The molecule has 0 bridgehead atoms. The van der Waals surface area contributed by atoms with E-state index in [0.717, 1.165) is 29.7 Å². The van der Waals surface area contributed by atoms with Crippen molar-refractivity contribution in [3.8, 4) is 0 Å². The maximum absolute atomic E-state index is 12.2. The number of hydrogen-bond donors (Lipinski definition) is 0. The number of aryl methyl sites for hydroxylation is 2. The largest absolute Gasteiger partial charge is 0.347 e. The molecule has 1 aromatic rings. The van der Waals surface area contributed by atoms with Crippen molar-refractivity contribution in [2.75, 3.05) is 31.4 Å². The van der Waals surface area contributed by atoms with Crippen molar-refractivity contribution in [1.29, 1.82) is 0 Å².